The van der Waals surface area contributed by atoms with Gasteiger partial charge in [0, 0.05) is 28.5 Å². The summed E-state index contributed by atoms with van der Waals surface area (Å²) in [7, 11) is -4.44. The molecule has 2 saturated heterocycles. The largest absolute Gasteiger partial charge is 0.388 e. The zero-order valence-electron chi connectivity index (χ0n) is 22.1. The molecule has 0 spiro atoms. The molecule has 0 saturated carbocycles. The second kappa shape index (κ2) is 12.0. The standard InChI is InChI=1S/C29H33N3O6S2/c1-2-24-27(33)28(34)26(29(35)38-24)31-40(36,37)23(17-30)16-22-10-11-25(39-22)20-7-6-19-15-21(9-8-18(19)14-20)32-12-4-3-5-13-32/h6-11,14-16,24,26-29,31,33-35H,2-5,12-13H2,1H3/b23-16+/t24-,26-,27-,28-,29?/m1/s1. The lowest BCUT2D eigenvalue weighted by Crippen LogP contribution is -2.63. The van der Waals surface area contributed by atoms with Gasteiger partial charge < -0.3 is 25.0 Å². The molecule has 2 aromatic carbocycles. The smallest absolute Gasteiger partial charge is 0.251 e. The third-order valence-corrected chi connectivity index (χ3v) is 10.00. The minimum absolute atomic E-state index is 0.315. The molecule has 1 aromatic heterocycles. The van der Waals surface area contributed by atoms with Crippen molar-refractivity contribution in [2.24, 2.45) is 0 Å². The molecule has 0 aliphatic carbocycles. The van der Waals surface area contributed by atoms with Crippen molar-refractivity contribution in [1.82, 2.24) is 4.72 Å². The van der Waals surface area contributed by atoms with Gasteiger partial charge in [-0.2, -0.15) is 9.98 Å². The van der Waals surface area contributed by atoms with Gasteiger partial charge in [-0.05, 0) is 78.4 Å². The Bertz CT molecular complexity index is 1540. The van der Waals surface area contributed by atoms with E-state index in [9.17, 15) is 29.0 Å². The number of aliphatic hydroxyl groups excluding tert-OH is 3. The highest BCUT2D eigenvalue weighted by molar-refractivity contribution is 7.93. The molecule has 212 valence electrons. The van der Waals surface area contributed by atoms with E-state index in [2.05, 4.69) is 40.0 Å². The second-order valence-corrected chi connectivity index (χ2v) is 13.0. The fourth-order valence-electron chi connectivity index (χ4n) is 5.27. The minimum atomic E-state index is -4.44. The van der Waals surface area contributed by atoms with E-state index in [1.165, 1.54) is 42.4 Å². The van der Waals surface area contributed by atoms with Gasteiger partial charge in [-0.1, -0.05) is 25.1 Å². The van der Waals surface area contributed by atoms with Crippen LogP contribution in [0.3, 0.4) is 0 Å². The number of hydrogen-bond donors (Lipinski definition) is 4. The number of nitrogens with one attached hydrogen (secondary N) is 1. The van der Waals surface area contributed by atoms with E-state index in [1.807, 2.05) is 12.1 Å². The molecule has 2 fully saturated rings. The summed E-state index contributed by atoms with van der Waals surface area (Å²) in [6.07, 6.45) is -0.241. The van der Waals surface area contributed by atoms with Gasteiger partial charge in [-0.25, -0.2) is 8.42 Å². The van der Waals surface area contributed by atoms with Gasteiger partial charge in [0.25, 0.3) is 10.0 Å². The Morgan fingerprint density at radius 1 is 1.07 bits per heavy atom. The molecule has 0 radical (unpaired) electrons. The average Bonchev–Trinajstić information content (AvgIpc) is 3.44. The number of allylic oxidation sites excluding steroid dienone is 1. The van der Waals surface area contributed by atoms with Crippen LogP contribution in [0.1, 0.15) is 37.5 Å². The number of sulfonamides is 1. The Kier molecular flexibility index (Phi) is 8.58. The van der Waals surface area contributed by atoms with E-state index in [-0.39, 0.29) is 0 Å². The molecule has 11 heteroatoms. The minimum Gasteiger partial charge on any atom is -0.388 e. The zero-order valence-corrected chi connectivity index (χ0v) is 23.7. The normalized spacial score (nSPS) is 26.1. The van der Waals surface area contributed by atoms with Crippen LogP contribution >= 0.6 is 11.3 Å². The number of anilines is 1. The molecular formula is C29H33N3O6S2. The van der Waals surface area contributed by atoms with Crippen molar-refractivity contribution in [2.75, 3.05) is 18.0 Å². The van der Waals surface area contributed by atoms with E-state index >= 15 is 0 Å². The maximum atomic E-state index is 13.0. The van der Waals surface area contributed by atoms with E-state index in [1.54, 1.807) is 19.1 Å². The third-order valence-electron chi connectivity index (χ3n) is 7.54. The van der Waals surface area contributed by atoms with Crippen LogP contribution in [0.5, 0.6) is 0 Å². The maximum absolute atomic E-state index is 13.0. The molecule has 0 amide bonds. The number of nitriles is 1. The number of nitrogens with zero attached hydrogens (tertiary/aromatic N) is 2. The number of ether oxygens (including phenoxy) is 1. The number of aliphatic hydroxyl groups is 3. The van der Waals surface area contributed by atoms with Gasteiger partial charge in [0.05, 0.1) is 6.10 Å². The molecular weight excluding hydrogens is 550 g/mol. The van der Waals surface area contributed by atoms with Crippen molar-refractivity contribution in [1.29, 1.82) is 5.26 Å². The summed E-state index contributed by atoms with van der Waals surface area (Å²) in [6.45, 7) is 3.87. The molecule has 1 unspecified atom stereocenters. The quantitative estimate of drug-likeness (QED) is 0.309. The van der Waals surface area contributed by atoms with E-state index in [0.29, 0.717) is 11.3 Å². The van der Waals surface area contributed by atoms with Gasteiger partial charge in [0.15, 0.2) is 11.2 Å². The van der Waals surface area contributed by atoms with Crippen LogP contribution in [0.25, 0.3) is 27.3 Å². The Morgan fingerprint density at radius 3 is 2.52 bits per heavy atom. The Labute approximate surface area is 238 Å². The van der Waals surface area contributed by atoms with Crippen LogP contribution in [0.2, 0.25) is 0 Å². The van der Waals surface area contributed by atoms with Crippen LogP contribution in [-0.2, 0) is 14.8 Å². The summed E-state index contributed by atoms with van der Waals surface area (Å²) in [4.78, 5) is 3.30. The monoisotopic (exact) mass is 583 g/mol. The van der Waals surface area contributed by atoms with Gasteiger partial charge >= 0.3 is 0 Å². The number of thiophene rings is 1. The Balaban J connectivity index is 1.34. The number of hydrogen-bond acceptors (Lipinski definition) is 9. The van der Waals surface area contributed by atoms with Crippen molar-refractivity contribution in [3.63, 3.8) is 0 Å². The van der Waals surface area contributed by atoms with Gasteiger partial charge in [0.2, 0.25) is 0 Å². The Hall–Kier alpha value is -2.82. The van der Waals surface area contributed by atoms with Crippen LogP contribution < -0.4 is 9.62 Å². The number of fused-ring (bicyclic) bond motifs is 1. The molecule has 40 heavy (non-hydrogen) atoms. The maximum Gasteiger partial charge on any atom is 0.251 e. The fourth-order valence-corrected chi connectivity index (χ4v) is 7.44. The van der Waals surface area contributed by atoms with Crippen molar-refractivity contribution in [3.05, 3.63) is 58.3 Å². The predicted molar refractivity (Wildman–Crippen MR) is 156 cm³/mol. The van der Waals surface area contributed by atoms with Crippen molar-refractivity contribution in [2.45, 2.75) is 63.3 Å². The lowest BCUT2D eigenvalue weighted by Gasteiger charge is -2.40. The highest BCUT2D eigenvalue weighted by Gasteiger charge is 2.45. The van der Waals surface area contributed by atoms with E-state index < -0.39 is 45.6 Å². The SMILES string of the molecule is CC[C@H]1OC(O)[C@H](NS(=O)(=O)/C(C#N)=C/c2ccc(-c3ccc4cc(N5CCCCC5)ccc4c3)s2)[C@@H](O)[C@@H]1O. The first-order valence-corrected chi connectivity index (χ1v) is 15.7. The molecule has 5 rings (SSSR count). The van der Waals surface area contributed by atoms with Gasteiger partial charge in [0.1, 0.15) is 24.3 Å². The van der Waals surface area contributed by atoms with Crippen LogP contribution in [0.4, 0.5) is 5.69 Å². The molecule has 2 aliphatic rings. The molecule has 4 N–H and O–H groups in total. The first kappa shape index (κ1) is 28.7. The van der Waals surface area contributed by atoms with Crippen LogP contribution in [0, 0.1) is 11.3 Å². The summed E-state index contributed by atoms with van der Waals surface area (Å²) in [5.74, 6) is 0. The summed E-state index contributed by atoms with van der Waals surface area (Å²) in [6, 6.07) is 16.5. The summed E-state index contributed by atoms with van der Waals surface area (Å²) in [5.41, 5.74) is 2.22. The first-order valence-electron chi connectivity index (χ1n) is 13.4. The zero-order chi connectivity index (χ0) is 28.4. The van der Waals surface area contributed by atoms with Gasteiger partial charge in [-0.15, -0.1) is 11.3 Å². The Morgan fingerprint density at radius 2 is 1.80 bits per heavy atom. The lowest BCUT2D eigenvalue weighted by atomic mass is 9.96. The third kappa shape index (κ3) is 5.94. The molecule has 0 bridgehead atoms. The van der Waals surface area contributed by atoms with Crippen molar-refractivity contribution < 1.29 is 28.5 Å². The summed E-state index contributed by atoms with van der Waals surface area (Å²) < 4.78 is 33.3. The molecule has 2 aliphatic heterocycles. The molecule has 9 nitrogen and oxygen atoms in total. The number of piperidine rings is 1. The average molecular weight is 584 g/mol. The molecule has 5 atom stereocenters. The highest BCUT2D eigenvalue weighted by atomic mass is 32.2. The van der Waals surface area contributed by atoms with Crippen molar-refractivity contribution >= 4 is 43.9 Å². The molecule has 3 heterocycles. The van der Waals surface area contributed by atoms with E-state index in [0.717, 1.165) is 34.3 Å². The predicted octanol–water partition coefficient (Wildman–Crippen LogP) is 3.56. The van der Waals surface area contributed by atoms with E-state index in [4.69, 9.17) is 4.74 Å². The number of benzene rings is 2. The lowest BCUT2D eigenvalue weighted by molar-refractivity contribution is -0.244. The van der Waals surface area contributed by atoms with Crippen LogP contribution in [0.15, 0.2) is 53.4 Å². The number of rotatable bonds is 7. The summed E-state index contributed by atoms with van der Waals surface area (Å²) in [5, 5.41) is 42.7. The topological polar surface area (TPSA) is 143 Å². The molecule has 3 aromatic rings. The van der Waals surface area contributed by atoms with Crippen molar-refractivity contribution in [3.8, 4) is 16.5 Å². The summed E-state index contributed by atoms with van der Waals surface area (Å²) >= 11 is 1.34. The highest BCUT2D eigenvalue weighted by Crippen LogP contribution is 2.33. The van der Waals surface area contributed by atoms with Gasteiger partial charge in [-0.3, -0.25) is 0 Å². The first-order chi connectivity index (χ1) is 19.2. The second-order valence-electron chi connectivity index (χ2n) is 10.2. The van der Waals surface area contributed by atoms with Crippen LogP contribution in [-0.4, -0.2) is 67.5 Å². The fraction of sp³-hybridized carbons (Fsp3) is 0.414.